The minimum atomic E-state index is -0.222. The highest BCUT2D eigenvalue weighted by Crippen LogP contribution is 2.19. The van der Waals surface area contributed by atoms with Gasteiger partial charge < -0.3 is 4.57 Å². The number of pyridine rings is 1. The summed E-state index contributed by atoms with van der Waals surface area (Å²) in [5, 5.41) is 2.28. The second-order valence-electron chi connectivity index (χ2n) is 5.47. The van der Waals surface area contributed by atoms with Crippen molar-refractivity contribution >= 4 is 16.6 Å². The molecule has 0 N–H and O–H groups in total. The number of aromatic nitrogens is 1. The summed E-state index contributed by atoms with van der Waals surface area (Å²) in [5.41, 5.74) is 1.94. The molecule has 0 amide bonds. The van der Waals surface area contributed by atoms with Gasteiger partial charge in [-0.2, -0.15) is 0 Å². The van der Waals surface area contributed by atoms with Crippen LogP contribution in [0, 0.1) is 6.92 Å². The highest BCUT2D eigenvalue weighted by atomic mass is 16.1. The van der Waals surface area contributed by atoms with Crippen LogP contribution in [0.5, 0.6) is 0 Å². The third-order valence-electron chi connectivity index (χ3n) is 3.98. The molecule has 0 bridgehead atoms. The van der Waals surface area contributed by atoms with Crippen molar-refractivity contribution in [2.45, 2.75) is 20.4 Å². The predicted molar refractivity (Wildman–Crippen MR) is 88.5 cm³/mol. The molecule has 0 saturated carbocycles. The van der Waals surface area contributed by atoms with Crippen LogP contribution in [-0.2, 0) is 6.54 Å². The number of fused-ring (bicyclic) bond motifs is 1. The van der Waals surface area contributed by atoms with Gasteiger partial charge in [-0.3, -0.25) is 9.59 Å². The number of rotatable bonds is 3. The first-order chi connectivity index (χ1) is 10.6. The molecular weight excluding hydrogens is 274 g/mol. The summed E-state index contributed by atoms with van der Waals surface area (Å²) in [6.07, 6.45) is 0. The topological polar surface area (TPSA) is 39.1 Å². The molecule has 3 heteroatoms. The third kappa shape index (κ3) is 2.46. The van der Waals surface area contributed by atoms with Crippen molar-refractivity contribution in [2.24, 2.45) is 0 Å². The van der Waals surface area contributed by atoms with Crippen LogP contribution < -0.4 is 5.56 Å². The summed E-state index contributed by atoms with van der Waals surface area (Å²) in [4.78, 5) is 24.1. The van der Waals surface area contributed by atoms with Crippen LogP contribution >= 0.6 is 0 Å². The first-order valence-corrected chi connectivity index (χ1v) is 7.26. The van der Waals surface area contributed by atoms with Gasteiger partial charge in [-0.1, -0.05) is 42.5 Å². The van der Waals surface area contributed by atoms with Gasteiger partial charge in [0, 0.05) is 5.69 Å². The fourth-order valence-electron chi connectivity index (χ4n) is 2.74. The Morgan fingerprint density at radius 2 is 1.73 bits per heavy atom. The number of hydrogen-bond acceptors (Lipinski definition) is 2. The largest absolute Gasteiger partial charge is 0.308 e. The lowest BCUT2D eigenvalue weighted by Gasteiger charge is -2.13. The Morgan fingerprint density at radius 1 is 1.00 bits per heavy atom. The van der Waals surface area contributed by atoms with Crippen LogP contribution in [0.25, 0.3) is 10.8 Å². The van der Waals surface area contributed by atoms with E-state index in [9.17, 15) is 9.59 Å². The molecule has 1 aromatic heterocycles. The average molecular weight is 291 g/mol. The maximum atomic E-state index is 12.5. The van der Waals surface area contributed by atoms with Gasteiger partial charge in [-0.15, -0.1) is 0 Å². The molecule has 0 aliphatic carbocycles. The van der Waals surface area contributed by atoms with E-state index in [1.807, 2.05) is 37.3 Å². The average Bonchev–Trinajstić information content (AvgIpc) is 2.51. The zero-order valence-electron chi connectivity index (χ0n) is 12.7. The summed E-state index contributed by atoms with van der Waals surface area (Å²) in [7, 11) is 0. The van der Waals surface area contributed by atoms with Crippen molar-refractivity contribution in [1.29, 1.82) is 0 Å². The van der Waals surface area contributed by atoms with Crippen LogP contribution in [0.1, 0.15) is 28.5 Å². The van der Waals surface area contributed by atoms with E-state index in [-0.39, 0.29) is 16.9 Å². The first-order valence-electron chi connectivity index (χ1n) is 7.26. The Labute approximate surface area is 128 Å². The zero-order chi connectivity index (χ0) is 15.7. The van der Waals surface area contributed by atoms with E-state index < -0.39 is 0 Å². The highest BCUT2D eigenvalue weighted by molar-refractivity contribution is 5.93. The third-order valence-corrected chi connectivity index (χ3v) is 3.98. The van der Waals surface area contributed by atoms with E-state index in [1.54, 1.807) is 10.6 Å². The van der Waals surface area contributed by atoms with Gasteiger partial charge in [0.05, 0.1) is 12.1 Å². The summed E-state index contributed by atoms with van der Waals surface area (Å²) in [5.74, 6) is -0.198. The summed E-state index contributed by atoms with van der Waals surface area (Å²) in [6, 6.07) is 17.6. The molecule has 3 nitrogen and oxygen atoms in total. The van der Waals surface area contributed by atoms with Crippen LogP contribution in [0.2, 0.25) is 0 Å². The molecule has 3 aromatic rings. The molecule has 0 unspecified atom stereocenters. The van der Waals surface area contributed by atoms with Crippen LogP contribution in [0.15, 0.2) is 59.4 Å². The van der Waals surface area contributed by atoms with E-state index >= 15 is 0 Å². The number of ketones is 1. The Hall–Kier alpha value is -2.68. The number of carbonyl (C=O) groups is 1. The second kappa shape index (κ2) is 5.60. The van der Waals surface area contributed by atoms with Gasteiger partial charge in [0.25, 0.3) is 5.56 Å². The molecule has 0 aliphatic heterocycles. The molecule has 0 atom stereocenters. The lowest BCUT2D eigenvalue weighted by atomic mass is 10.0. The van der Waals surface area contributed by atoms with Gasteiger partial charge >= 0.3 is 0 Å². The van der Waals surface area contributed by atoms with Gasteiger partial charge in [0.1, 0.15) is 0 Å². The molecule has 0 spiro atoms. The smallest absolute Gasteiger partial charge is 0.261 e. The zero-order valence-corrected chi connectivity index (χ0v) is 12.7. The number of Topliss-reactive ketones (excluding diaryl/α,β-unsaturated/α-hetero) is 1. The van der Waals surface area contributed by atoms with E-state index in [4.69, 9.17) is 0 Å². The molecular formula is C19H17NO2. The number of carbonyl (C=O) groups excluding carboxylic acids is 1. The van der Waals surface area contributed by atoms with E-state index in [2.05, 4.69) is 18.2 Å². The molecule has 0 radical (unpaired) electrons. The van der Waals surface area contributed by atoms with E-state index in [1.165, 1.54) is 6.92 Å². The van der Waals surface area contributed by atoms with Crippen molar-refractivity contribution in [3.05, 3.63) is 81.8 Å². The number of aryl methyl sites for hydroxylation is 1. The molecule has 3 rings (SSSR count). The lowest BCUT2D eigenvalue weighted by molar-refractivity contribution is 0.101. The summed E-state index contributed by atoms with van der Waals surface area (Å²) >= 11 is 0. The minimum absolute atomic E-state index is 0.198. The molecule has 0 aliphatic rings. The van der Waals surface area contributed by atoms with Gasteiger partial charge in [0.15, 0.2) is 5.78 Å². The van der Waals surface area contributed by atoms with E-state index in [0.717, 1.165) is 22.0 Å². The van der Waals surface area contributed by atoms with Gasteiger partial charge in [-0.25, -0.2) is 0 Å². The second-order valence-corrected chi connectivity index (χ2v) is 5.47. The van der Waals surface area contributed by atoms with Gasteiger partial charge in [-0.05, 0) is 42.3 Å². The molecule has 22 heavy (non-hydrogen) atoms. The molecule has 0 fully saturated rings. The number of nitrogens with zero attached hydrogens (tertiary/aromatic N) is 1. The Morgan fingerprint density at radius 3 is 2.50 bits per heavy atom. The molecule has 2 aromatic carbocycles. The summed E-state index contributed by atoms with van der Waals surface area (Å²) < 4.78 is 1.67. The standard InChI is InChI=1S/C19H17NO2/c1-13-10-11-17(14(2)21)19(22)20(13)12-16-8-5-7-15-6-3-4-9-18(15)16/h3-11H,12H2,1-2H3. The number of benzene rings is 2. The van der Waals surface area contributed by atoms with Crippen molar-refractivity contribution < 1.29 is 4.79 Å². The van der Waals surface area contributed by atoms with Crippen LogP contribution in [0.4, 0.5) is 0 Å². The number of hydrogen-bond donors (Lipinski definition) is 0. The Bertz CT molecular complexity index is 917. The maximum Gasteiger partial charge on any atom is 0.261 e. The van der Waals surface area contributed by atoms with Crippen LogP contribution in [0.3, 0.4) is 0 Å². The molecule has 0 saturated heterocycles. The lowest BCUT2D eigenvalue weighted by Crippen LogP contribution is -2.27. The molecule has 110 valence electrons. The van der Waals surface area contributed by atoms with Gasteiger partial charge in [0.2, 0.25) is 0 Å². The quantitative estimate of drug-likeness (QED) is 0.692. The fraction of sp³-hybridized carbons (Fsp3) is 0.158. The summed E-state index contributed by atoms with van der Waals surface area (Å²) in [6.45, 7) is 3.78. The normalized spacial score (nSPS) is 10.8. The van der Waals surface area contributed by atoms with Crippen molar-refractivity contribution in [3.63, 3.8) is 0 Å². The minimum Gasteiger partial charge on any atom is -0.308 e. The highest BCUT2D eigenvalue weighted by Gasteiger charge is 2.11. The molecule has 1 heterocycles. The maximum absolute atomic E-state index is 12.5. The first kappa shape index (κ1) is 14.3. The Kier molecular flexibility index (Phi) is 3.63. The fourth-order valence-corrected chi connectivity index (χ4v) is 2.74. The SMILES string of the molecule is CC(=O)c1ccc(C)n(Cc2cccc3ccccc23)c1=O. The Balaban J connectivity index is 2.15. The van der Waals surface area contributed by atoms with Crippen molar-refractivity contribution in [1.82, 2.24) is 4.57 Å². The van der Waals surface area contributed by atoms with Crippen LogP contribution in [-0.4, -0.2) is 10.4 Å². The van der Waals surface area contributed by atoms with E-state index in [0.29, 0.717) is 6.54 Å². The van der Waals surface area contributed by atoms with Crippen molar-refractivity contribution in [2.75, 3.05) is 0 Å². The predicted octanol–water partition coefficient (Wildman–Crippen LogP) is 3.56. The monoisotopic (exact) mass is 291 g/mol. The van der Waals surface area contributed by atoms with Crippen molar-refractivity contribution in [3.8, 4) is 0 Å².